The zero-order valence-corrected chi connectivity index (χ0v) is 15.1. The molecule has 1 aromatic heterocycles. The fourth-order valence-corrected chi connectivity index (χ4v) is 3.57. The van der Waals surface area contributed by atoms with Crippen molar-refractivity contribution in [1.82, 2.24) is 14.9 Å². The maximum Gasteiger partial charge on any atom is 0.227 e. The predicted molar refractivity (Wildman–Crippen MR) is 93.5 cm³/mol. The van der Waals surface area contributed by atoms with Gasteiger partial charge in [0.25, 0.3) is 0 Å². The third-order valence-corrected chi connectivity index (χ3v) is 5.17. The molecule has 0 unspecified atom stereocenters. The first-order chi connectivity index (χ1) is 10.9. The first kappa shape index (κ1) is 16.5. The number of hydrogen-bond acceptors (Lipinski definition) is 6. The molecule has 23 heavy (non-hydrogen) atoms. The van der Waals surface area contributed by atoms with Gasteiger partial charge in [-0.15, -0.1) is 0 Å². The molecule has 0 aliphatic carbocycles. The molecule has 3 heterocycles. The molecule has 0 saturated carbocycles. The van der Waals surface area contributed by atoms with Crippen LogP contribution in [0.25, 0.3) is 0 Å². The highest BCUT2D eigenvalue weighted by Crippen LogP contribution is 2.33. The van der Waals surface area contributed by atoms with Crippen molar-refractivity contribution in [3.05, 3.63) is 11.3 Å². The van der Waals surface area contributed by atoms with Gasteiger partial charge in [0.05, 0.1) is 12.2 Å². The topological polar surface area (TPSA) is 44.7 Å². The van der Waals surface area contributed by atoms with Crippen LogP contribution in [0.3, 0.4) is 0 Å². The molecule has 6 nitrogen and oxygen atoms in total. The van der Waals surface area contributed by atoms with E-state index < -0.39 is 0 Å². The Hall–Kier alpha value is -1.40. The lowest BCUT2D eigenvalue weighted by atomic mass is 9.89. The molecule has 1 aromatic rings. The number of aromatic nitrogens is 2. The van der Waals surface area contributed by atoms with Crippen LogP contribution in [-0.4, -0.2) is 74.4 Å². The minimum Gasteiger partial charge on any atom is -0.372 e. The van der Waals surface area contributed by atoms with Gasteiger partial charge in [-0.1, -0.05) is 0 Å². The van der Waals surface area contributed by atoms with Gasteiger partial charge in [0.2, 0.25) is 5.95 Å². The Kier molecular flexibility index (Phi) is 4.47. The summed E-state index contributed by atoms with van der Waals surface area (Å²) in [4.78, 5) is 16.1. The second-order valence-electron chi connectivity index (χ2n) is 7.21. The van der Waals surface area contributed by atoms with E-state index in [1.807, 2.05) is 19.0 Å². The van der Waals surface area contributed by atoms with E-state index in [9.17, 15) is 0 Å². The maximum absolute atomic E-state index is 6.17. The van der Waals surface area contributed by atoms with E-state index in [2.05, 4.69) is 35.7 Å². The van der Waals surface area contributed by atoms with Gasteiger partial charge in [0, 0.05) is 51.5 Å². The monoisotopic (exact) mass is 319 g/mol. The molecule has 0 N–H and O–H groups in total. The summed E-state index contributed by atoms with van der Waals surface area (Å²) < 4.78 is 6.17. The summed E-state index contributed by atoms with van der Waals surface area (Å²) in [5, 5.41) is 0. The van der Waals surface area contributed by atoms with Gasteiger partial charge >= 0.3 is 0 Å². The summed E-state index contributed by atoms with van der Waals surface area (Å²) in [5.41, 5.74) is 2.30. The summed E-state index contributed by atoms with van der Waals surface area (Å²) >= 11 is 0. The van der Waals surface area contributed by atoms with Crippen LogP contribution < -0.4 is 9.80 Å². The number of morpholine rings is 1. The Morgan fingerprint density at radius 3 is 2.39 bits per heavy atom. The Bertz CT molecular complexity index is 566. The molecule has 0 bridgehead atoms. The molecule has 2 aliphatic heterocycles. The predicted octanol–water partition coefficient (Wildman–Crippen LogP) is 1.46. The number of ether oxygens (including phenoxy) is 1. The van der Waals surface area contributed by atoms with Crippen LogP contribution in [0.4, 0.5) is 11.8 Å². The van der Waals surface area contributed by atoms with Gasteiger partial charge in [-0.25, -0.2) is 4.98 Å². The summed E-state index contributed by atoms with van der Waals surface area (Å²) in [6, 6.07) is 0. The second-order valence-corrected chi connectivity index (χ2v) is 7.21. The van der Waals surface area contributed by atoms with E-state index in [-0.39, 0.29) is 5.60 Å². The molecule has 0 radical (unpaired) electrons. The van der Waals surface area contributed by atoms with Crippen LogP contribution in [0.1, 0.15) is 24.1 Å². The summed E-state index contributed by atoms with van der Waals surface area (Å²) in [6.45, 7) is 9.13. The van der Waals surface area contributed by atoms with Crippen LogP contribution >= 0.6 is 0 Å². The number of piperidine rings is 1. The highest BCUT2D eigenvalue weighted by atomic mass is 16.5. The highest BCUT2D eigenvalue weighted by molar-refractivity contribution is 5.52. The van der Waals surface area contributed by atoms with Crippen LogP contribution in [0.15, 0.2) is 0 Å². The molecular formula is C17H29N5O. The molecule has 2 saturated heterocycles. The molecular weight excluding hydrogens is 290 g/mol. The molecule has 0 amide bonds. The van der Waals surface area contributed by atoms with Crippen molar-refractivity contribution < 1.29 is 4.74 Å². The Labute approximate surface area is 139 Å². The Morgan fingerprint density at radius 2 is 1.78 bits per heavy atom. The quantitative estimate of drug-likeness (QED) is 0.822. The van der Waals surface area contributed by atoms with Gasteiger partial charge in [-0.05, 0) is 33.7 Å². The van der Waals surface area contributed by atoms with Crippen molar-refractivity contribution in [2.45, 2.75) is 32.3 Å². The van der Waals surface area contributed by atoms with E-state index in [0.29, 0.717) is 0 Å². The number of hydrogen-bond donors (Lipinski definition) is 0. The van der Waals surface area contributed by atoms with Crippen LogP contribution in [0, 0.1) is 13.8 Å². The highest BCUT2D eigenvalue weighted by Gasteiger charge is 2.39. The average molecular weight is 319 g/mol. The van der Waals surface area contributed by atoms with E-state index in [0.717, 1.165) is 63.1 Å². The molecule has 2 fully saturated rings. The molecule has 6 heteroatoms. The first-order valence-corrected chi connectivity index (χ1v) is 8.50. The Balaban J connectivity index is 1.77. The number of aryl methyl sites for hydroxylation is 1. The average Bonchev–Trinajstić information content (AvgIpc) is 2.50. The van der Waals surface area contributed by atoms with Crippen LogP contribution in [-0.2, 0) is 4.74 Å². The van der Waals surface area contributed by atoms with Crippen LogP contribution in [0.5, 0.6) is 0 Å². The Morgan fingerprint density at radius 1 is 1.09 bits per heavy atom. The van der Waals surface area contributed by atoms with Crippen molar-refractivity contribution in [2.24, 2.45) is 0 Å². The number of anilines is 2. The van der Waals surface area contributed by atoms with Crippen molar-refractivity contribution >= 4 is 11.8 Å². The molecule has 3 rings (SSSR count). The minimum atomic E-state index is 0.0455. The lowest BCUT2D eigenvalue weighted by molar-refractivity contribution is -0.115. The molecule has 1 spiro atoms. The second kappa shape index (κ2) is 6.24. The van der Waals surface area contributed by atoms with E-state index in [1.165, 1.54) is 5.56 Å². The van der Waals surface area contributed by atoms with Crippen LogP contribution in [0.2, 0.25) is 0 Å². The van der Waals surface area contributed by atoms with Crippen molar-refractivity contribution in [2.75, 3.05) is 63.7 Å². The van der Waals surface area contributed by atoms with Gasteiger partial charge < -0.3 is 19.4 Å². The van der Waals surface area contributed by atoms with E-state index in [4.69, 9.17) is 9.72 Å². The number of rotatable bonds is 2. The first-order valence-electron chi connectivity index (χ1n) is 8.50. The minimum absolute atomic E-state index is 0.0455. The van der Waals surface area contributed by atoms with E-state index >= 15 is 0 Å². The van der Waals surface area contributed by atoms with Crippen molar-refractivity contribution in [1.29, 1.82) is 0 Å². The standard InChI is InChI=1S/C17H29N5O/c1-13-14(2)18-16(20(3)4)19-15(13)22-8-6-17(7-9-22)12-21(5)10-11-23-17/h6-12H2,1-5H3. The maximum atomic E-state index is 6.17. The summed E-state index contributed by atoms with van der Waals surface area (Å²) in [5.74, 6) is 1.87. The largest absolute Gasteiger partial charge is 0.372 e. The summed E-state index contributed by atoms with van der Waals surface area (Å²) in [7, 11) is 6.17. The smallest absolute Gasteiger partial charge is 0.227 e. The summed E-state index contributed by atoms with van der Waals surface area (Å²) in [6.07, 6.45) is 2.13. The number of nitrogens with zero attached hydrogens (tertiary/aromatic N) is 5. The van der Waals surface area contributed by atoms with Crippen molar-refractivity contribution in [3.63, 3.8) is 0 Å². The van der Waals surface area contributed by atoms with Gasteiger partial charge in [0.15, 0.2) is 0 Å². The normalized spacial score (nSPS) is 21.7. The zero-order valence-electron chi connectivity index (χ0n) is 15.1. The third-order valence-electron chi connectivity index (χ3n) is 5.17. The third kappa shape index (κ3) is 3.28. The SMILES string of the molecule is Cc1nc(N(C)C)nc(N2CCC3(CC2)CN(C)CCO3)c1C. The fraction of sp³-hybridized carbons (Fsp3) is 0.765. The van der Waals surface area contributed by atoms with Gasteiger partial charge in [0.1, 0.15) is 5.82 Å². The molecule has 128 valence electrons. The fourth-order valence-electron chi connectivity index (χ4n) is 3.57. The lowest BCUT2D eigenvalue weighted by Crippen LogP contribution is -2.56. The lowest BCUT2D eigenvalue weighted by Gasteiger charge is -2.47. The van der Waals surface area contributed by atoms with Crippen molar-refractivity contribution in [3.8, 4) is 0 Å². The molecule has 2 aliphatic rings. The van der Waals surface area contributed by atoms with Gasteiger partial charge in [-0.2, -0.15) is 4.98 Å². The molecule has 0 aromatic carbocycles. The number of likely N-dealkylation sites (N-methyl/N-ethyl adjacent to an activating group) is 1. The van der Waals surface area contributed by atoms with Gasteiger partial charge in [-0.3, -0.25) is 0 Å². The van der Waals surface area contributed by atoms with E-state index in [1.54, 1.807) is 0 Å². The molecule has 0 atom stereocenters. The zero-order chi connectivity index (χ0) is 16.6.